The van der Waals surface area contributed by atoms with Gasteiger partial charge in [-0.1, -0.05) is 5.21 Å². The Morgan fingerprint density at radius 3 is 2.90 bits per heavy atom. The monoisotopic (exact) mass is 338 g/mol. The van der Waals surface area contributed by atoms with Crippen molar-refractivity contribution >= 4 is 32.9 Å². The zero-order chi connectivity index (χ0) is 14.1. The Labute approximate surface area is 122 Å². The Kier molecular flexibility index (Phi) is 3.39. The zero-order valence-corrected chi connectivity index (χ0v) is 12.1. The van der Waals surface area contributed by atoms with Crippen LogP contribution < -0.4 is 5.73 Å². The van der Waals surface area contributed by atoms with Gasteiger partial charge < -0.3 is 10.3 Å². The van der Waals surface area contributed by atoms with Crippen LogP contribution in [0.5, 0.6) is 0 Å². The van der Waals surface area contributed by atoms with E-state index >= 15 is 0 Å². The molecule has 8 heteroatoms. The molecule has 0 radical (unpaired) electrons. The van der Waals surface area contributed by atoms with Crippen molar-refractivity contribution in [2.24, 2.45) is 0 Å². The van der Waals surface area contributed by atoms with E-state index in [1.807, 2.05) is 4.57 Å². The number of nitrogens with zero attached hydrogens (tertiary/aromatic N) is 5. The highest BCUT2D eigenvalue weighted by Crippen LogP contribution is 2.25. The van der Waals surface area contributed by atoms with Crippen molar-refractivity contribution in [2.75, 3.05) is 5.73 Å². The SMILES string of the molecule is Nc1nc2cc(Br)c(F)cc2n1CCCn1ccnn1. The van der Waals surface area contributed by atoms with E-state index in [9.17, 15) is 4.39 Å². The van der Waals surface area contributed by atoms with Crippen molar-refractivity contribution in [3.63, 3.8) is 0 Å². The summed E-state index contributed by atoms with van der Waals surface area (Å²) in [5, 5.41) is 7.63. The number of aryl methyl sites for hydroxylation is 2. The lowest BCUT2D eigenvalue weighted by Gasteiger charge is -2.06. The van der Waals surface area contributed by atoms with E-state index in [2.05, 4.69) is 31.2 Å². The number of imidazole rings is 1. The van der Waals surface area contributed by atoms with Gasteiger partial charge in [-0.2, -0.15) is 0 Å². The van der Waals surface area contributed by atoms with Crippen LogP contribution in [-0.2, 0) is 13.1 Å². The molecule has 0 amide bonds. The first-order valence-electron chi connectivity index (χ1n) is 6.10. The van der Waals surface area contributed by atoms with E-state index in [0.717, 1.165) is 13.0 Å². The van der Waals surface area contributed by atoms with Crippen LogP contribution in [0.4, 0.5) is 10.3 Å². The summed E-state index contributed by atoms with van der Waals surface area (Å²) in [6, 6.07) is 3.08. The van der Waals surface area contributed by atoms with E-state index in [1.165, 1.54) is 6.07 Å². The molecule has 0 saturated heterocycles. The lowest BCUT2D eigenvalue weighted by Crippen LogP contribution is -2.07. The van der Waals surface area contributed by atoms with Crippen LogP contribution in [0.1, 0.15) is 6.42 Å². The van der Waals surface area contributed by atoms with E-state index in [-0.39, 0.29) is 5.82 Å². The largest absolute Gasteiger partial charge is 0.369 e. The molecular formula is C12H12BrFN6. The van der Waals surface area contributed by atoms with Crippen molar-refractivity contribution in [3.8, 4) is 0 Å². The molecule has 0 aliphatic rings. The highest BCUT2D eigenvalue weighted by molar-refractivity contribution is 9.10. The third-order valence-corrected chi connectivity index (χ3v) is 3.67. The number of benzene rings is 1. The third-order valence-electron chi connectivity index (χ3n) is 3.06. The van der Waals surface area contributed by atoms with Crippen LogP contribution in [0, 0.1) is 5.82 Å². The molecule has 2 N–H and O–H groups in total. The molecule has 3 rings (SSSR count). The number of fused-ring (bicyclic) bond motifs is 1. The van der Waals surface area contributed by atoms with Gasteiger partial charge in [0.2, 0.25) is 5.95 Å². The first-order chi connectivity index (χ1) is 9.65. The Morgan fingerprint density at radius 2 is 2.15 bits per heavy atom. The van der Waals surface area contributed by atoms with E-state index in [1.54, 1.807) is 23.1 Å². The fourth-order valence-electron chi connectivity index (χ4n) is 2.12. The molecular weight excluding hydrogens is 327 g/mol. The highest BCUT2D eigenvalue weighted by Gasteiger charge is 2.11. The Balaban J connectivity index is 1.83. The number of anilines is 1. The second-order valence-corrected chi connectivity index (χ2v) is 5.25. The summed E-state index contributed by atoms with van der Waals surface area (Å²) in [4.78, 5) is 4.24. The van der Waals surface area contributed by atoms with Crippen molar-refractivity contribution < 1.29 is 4.39 Å². The fraction of sp³-hybridized carbons (Fsp3) is 0.250. The quantitative estimate of drug-likeness (QED) is 0.791. The molecule has 0 fully saturated rings. The van der Waals surface area contributed by atoms with E-state index in [4.69, 9.17) is 5.73 Å². The maximum absolute atomic E-state index is 13.6. The zero-order valence-electron chi connectivity index (χ0n) is 10.5. The highest BCUT2D eigenvalue weighted by atomic mass is 79.9. The number of nitrogen functional groups attached to an aromatic ring is 1. The molecule has 3 aromatic rings. The van der Waals surface area contributed by atoms with Crippen molar-refractivity contribution in [3.05, 3.63) is 34.8 Å². The molecule has 0 atom stereocenters. The third kappa shape index (κ3) is 2.38. The van der Waals surface area contributed by atoms with Crippen LogP contribution in [0.25, 0.3) is 11.0 Å². The predicted molar refractivity (Wildman–Crippen MR) is 76.4 cm³/mol. The minimum Gasteiger partial charge on any atom is -0.369 e. The number of nitrogens with two attached hydrogens (primary N) is 1. The summed E-state index contributed by atoms with van der Waals surface area (Å²) in [6.07, 6.45) is 4.23. The lowest BCUT2D eigenvalue weighted by molar-refractivity contribution is 0.521. The van der Waals surface area contributed by atoms with Crippen LogP contribution in [0.15, 0.2) is 29.0 Å². The molecule has 0 aliphatic heterocycles. The van der Waals surface area contributed by atoms with Gasteiger partial charge in [0, 0.05) is 25.4 Å². The molecule has 2 aromatic heterocycles. The number of halogens is 2. The van der Waals surface area contributed by atoms with Gasteiger partial charge in [-0.05, 0) is 28.4 Å². The Hall–Kier alpha value is -1.96. The normalized spacial score (nSPS) is 11.3. The first kappa shape index (κ1) is 13.0. The van der Waals surface area contributed by atoms with Gasteiger partial charge in [-0.3, -0.25) is 4.68 Å². The van der Waals surface area contributed by atoms with Gasteiger partial charge >= 0.3 is 0 Å². The summed E-state index contributed by atoms with van der Waals surface area (Å²) in [7, 11) is 0. The van der Waals surface area contributed by atoms with Crippen LogP contribution in [0.3, 0.4) is 0 Å². The second-order valence-electron chi connectivity index (χ2n) is 4.40. The maximum Gasteiger partial charge on any atom is 0.201 e. The fourth-order valence-corrected chi connectivity index (χ4v) is 2.45. The summed E-state index contributed by atoms with van der Waals surface area (Å²) in [5.41, 5.74) is 7.27. The predicted octanol–water partition coefficient (Wildman–Crippen LogP) is 2.20. The van der Waals surface area contributed by atoms with E-state index < -0.39 is 0 Å². The molecule has 0 aliphatic carbocycles. The number of hydrogen-bond acceptors (Lipinski definition) is 4. The number of rotatable bonds is 4. The van der Waals surface area contributed by atoms with Gasteiger partial charge in [-0.25, -0.2) is 9.37 Å². The summed E-state index contributed by atoms with van der Waals surface area (Å²) in [5.74, 6) is 0.0611. The van der Waals surface area contributed by atoms with Gasteiger partial charge in [-0.15, -0.1) is 5.10 Å². The van der Waals surface area contributed by atoms with E-state index in [0.29, 0.717) is 28.0 Å². The Bertz CT molecular complexity index is 736. The minimum absolute atomic E-state index is 0.324. The van der Waals surface area contributed by atoms with Gasteiger partial charge in [0.05, 0.1) is 21.7 Å². The summed E-state index contributed by atoms with van der Waals surface area (Å²) in [6.45, 7) is 1.36. The Morgan fingerprint density at radius 1 is 1.30 bits per heavy atom. The molecule has 6 nitrogen and oxygen atoms in total. The smallest absolute Gasteiger partial charge is 0.201 e. The molecule has 0 bridgehead atoms. The van der Waals surface area contributed by atoms with Gasteiger partial charge in [0.1, 0.15) is 5.82 Å². The van der Waals surface area contributed by atoms with Crippen LogP contribution >= 0.6 is 15.9 Å². The number of aromatic nitrogens is 5. The molecule has 0 unspecified atom stereocenters. The number of hydrogen-bond donors (Lipinski definition) is 1. The van der Waals surface area contributed by atoms with Crippen LogP contribution in [-0.4, -0.2) is 24.5 Å². The molecule has 0 spiro atoms. The minimum atomic E-state index is -0.324. The molecule has 20 heavy (non-hydrogen) atoms. The lowest BCUT2D eigenvalue weighted by atomic mass is 10.3. The van der Waals surface area contributed by atoms with Crippen molar-refractivity contribution in [1.82, 2.24) is 24.5 Å². The van der Waals surface area contributed by atoms with Crippen molar-refractivity contribution in [2.45, 2.75) is 19.5 Å². The standard InChI is InChI=1S/C12H12BrFN6/c13-8-6-10-11(7-9(8)14)20(12(15)17-10)4-1-3-19-5-2-16-18-19/h2,5-7H,1,3-4H2,(H2,15,17). The molecule has 2 heterocycles. The van der Waals surface area contributed by atoms with Crippen LogP contribution in [0.2, 0.25) is 0 Å². The molecule has 0 saturated carbocycles. The maximum atomic E-state index is 13.6. The topological polar surface area (TPSA) is 74.5 Å². The molecule has 104 valence electrons. The molecule has 1 aromatic carbocycles. The van der Waals surface area contributed by atoms with Crippen molar-refractivity contribution in [1.29, 1.82) is 0 Å². The first-order valence-corrected chi connectivity index (χ1v) is 6.89. The summed E-state index contributed by atoms with van der Waals surface area (Å²) >= 11 is 3.15. The van der Waals surface area contributed by atoms with Gasteiger partial charge in [0.25, 0.3) is 0 Å². The summed E-state index contributed by atoms with van der Waals surface area (Å²) < 4.78 is 17.6. The van der Waals surface area contributed by atoms with Gasteiger partial charge in [0.15, 0.2) is 0 Å². The average Bonchev–Trinajstić information content (AvgIpc) is 3.01. The second kappa shape index (κ2) is 5.20. The average molecular weight is 339 g/mol.